The summed E-state index contributed by atoms with van der Waals surface area (Å²) in [5, 5.41) is 4.84. The average molecular weight is 519 g/mol. The Morgan fingerprint density at radius 3 is 2.58 bits per heavy atom. The van der Waals surface area contributed by atoms with E-state index in [1.54, 1.807) is 18.2 Å². The maximum absolute atomic E-state index is 13.5. The number of nitrogens with one attached hydrogen (secondary N) is 3. The van der Waals surface area contributed by atoms with Gasteiger partial charge in [0.25, 0.3) is 5.91 Å². The second-order valence-corrected chi connectivity index (χ2v) is 9.83. The summed E-state index contributed by atoms with van der Waals surface area (Å²) in [6.45, 7) is 9.67. The molecular weight excluding hydrogens is 483 g/mol. The largest absolute Gasteiger partial charge is 0.356 e. The van der Waals surface area contributed by atoms with Crippen LogP contribution in [0.15, 0.2) is 36.4 Å². The molecule has 200 valence electrons. The van der Waals surface area contributed by atoms with Crippen molar-refractivity contribution in [2.45, 2.75) is 53.4 Å². The fraction of sp³-hybridized carbons (Fsp3) is 0.367. The molecule has 0 bridgehead atoms. The van der Waals surface area contributed by atoms with E-state index in [-0.39, 0.29) is 23.4 Å². The van der Waals surface area contributed by atoms with Crippen molar-refractivity contribution in [1.29, 1.82) is 0 Å². The number of carbonyl (C=O) groups is 3. The van der Waals surface area contributed by atoms with Crippen LogP contribution in [0.5, 0.6) is 0 Å². The van der Waals surface area contributed by atoms with Crippen LogP contribution in [-0.4, -0.2) is 52.1 Å². The van der Waals surface area contributed by atoms with Crippen molar-refractivity contribution in [3.05, 3.63) is 70.3 Å². The molecule has 3 heterocycles. The van der Waals surface area contributed by atoms with Gasteiger partial charge in [-0.05, 0) is 68.5 Å². The molecule has 2 aromatic heterocycles. The molecule has 4 aromatic rings. The van der Waals surface area contributed by atoms with E-state index in [0.717, 1.165) is 53.4 Å². The van der Waals surface area contributed by atoms with Gasteiger partial charge >= 0.3 is 0 Å². The van der Waals surface area contributed by atoms with Crippen LogP contribution in [-0.2, 0) is 11.2 Å². The standard InChI is InChI=1S/C18H21N3O3.C12H14FN/c1-12(22)15-10-13-5-6-14(11-16(13)20-15)18(24)19-7-3-9-21-8-2-4-17(21)23;1-4-9-8(3)14-12-10(13)6-5-7(2)11(9)12/h5-6,10-11,20H,2-4,7-9H2,1H3,(H,19,24);5-6,14H,4H2,1-3H3. The molecule has 2 aromatic carbocycles. The van der Waals surface area contributed by atoms with E-state index < -0.39 is 0 Å². The Bertz CT molecular complexity index is 1500. The van der Waals surface area contributed by atoms with E-state index in [1.807, 2.05) is 30.9 Å². The smallest absolute Gasteiger partial charge is 0.251 e. The number of fused-ring (bicyclic) bond motifs is 2. The number of halogens is 1. The van der Waals surface area contributed by atoms with E-state index in [0.29, 0.717) is 36.3 Å². The SMILES string of the molecule is CC(=O)c1cc2ccc(C(=O)NCCCN3CCCC3=O)cc2[nH]1.CCc1c(C)[nH]c2c(F)ccc(C)c12. The van der Waals surface area contributed by atoms with E-state index in [9.17, 15) is 18.8 Å². The topological polar surface area (TPSA) is 98.1 Å². The van der Waals surface area contributed by atoms with Gasteiger partial charge in [0, 0.05) is 60.5 Å². The summed E-state index contributed by atoms with van der Waals surface area (Å²) in [5.74, 6) is -0.134. The van der Waals surface area contributed by atoms with Gasteiger partial charge in [0.1, 0.15) is 5.82 Å². The number of ketones is 1. The molecule has 1 saturated heterocycles. The maximum atomic E-state index is 13.5. The van der Waals surface area contributed by atoms with Crippen LogP contribution in [0, 0.1) is 19.7 Å². The highest BCUT2D eigenvalue weighted by molar-refractivity contribution is 6.01. The number of amides is 2. The van der Waals surface area contributed by atoms with Crippen LogP contribution in [0.2, 0.25) is 0 Å². The van der Waals surface area contributed by atoms with Crippen LogP contribution < -0.4 is 5.32 Å². The summed E-state index contributed by atoms with van der Waals surface area (Å²) in [4.78, 5) is 43.1. The summed E-state index contributed by atoms with van der Waals surface area (Å²) < 4.78 is 13.5. The number of nitrogens with zero attached hydrogens (tertiary/aromatic N) is 1. The third kappa shape index (κ3) is 5.79. The zero-order chi connectivity index (χ0) is 27.4. The minimum Gasteiger partial charge on any atom is -0.356 e. The van der Waals surface area contributed by atoms with Gasteiger partial charge in [0.05, 0.1) is 11.2 Å². The van der Waals surface area contributed by atoms with Crippen molar-refractivity contribution >= 4 is 39.4 Å². The zero-order valence-corrected chi connectivity index (χ0v) is 22.5. The van der Waals surface area contributed by atoms with Gasteiger partial charge in [-0.3, -0.25) is 14.4 Å². The molecule has 8 heteroatoms. The molecule has 5 rings (SSSR count). The van der Waals surface area contributed by atoms with Crippen molar-refractivity contribution in [2.75, 3.05) is 19.6 Å². The number of hydrogen-bond donors (Lipinski definition) is 3. The van der Waals surface area contributed by atoms with Gasteiger partial charge in [-0.1, -0.05) is 19.1 Å². The summed E-state index contributed by atoms with van der Waals surface area (Å²) in [5.41, 5.74) is 5.97. The summed E-state index contributed by atoms with van der Waals surface area (Å²) in [7, 11) is 0. The van der Waals surface area contributed by atoms with Gasteiger partial charge in [0.2, 0.25) is 5.91 Å². The number of aryl methyl sites for hydroxylation is 3. The number of aromatic nitrogens is 2. The highest BCUT2D eigenvalue weighted by Crippen LogP contribution is 2.27. The van der Waals surface area contributed by atoms with E-state index in [4.69, 9.17) is 0 Å². The van der Waals surface area contributed by atoms with Gasteiger partial charge in [-0.2, -0.15) is 0 Å². The lowest BCUT2D eigenvalue weighted by Gasteiger charge is -2.15. The van der Waals surface area contributed by atoms with Gasteiger partial charge < -0.3 is 20.2 Å². The summed E-state index contributed by atoms with van der Waals surface area (Å²) in [6, 6.07) is 10.5. The number of likely N-dealkylation sites (tertiary alicyclic amines) is 1. The second-order valence-electron chi connectivity index (χ2n) is 9.83. The Kier molecular flexibility index (Phi) is 8.29. The molecule has 2 amide bonds. The third-order valence-corrected chi connectivity index (χ3v) is 7.11. The number of H-pyrrole nitrogens is 2. The van der Waals surface area contributed by atoms with Gasteiger partial charge in [-0.25, -0.2) is 4.39 Å². The van der Waals surface area contributed by atoms with Crippen molar-refractivity contribution < 1.29 is 18.8 Å². The molecular formula is C30H35FN4O3. The van der Waals surface area contributed by atoms with Gasteiger partial charge in [0.15, 0.2) is 5.78 Å². The van der Waals surface area contributed by atoms with E-state index in [2.05, 4.69) is 22.2 Å². The normalized spacial score (nSPS) is 13.2. The minimum absolute atomic E-state index is 0.0336. The fourth-order valence-corrected chi connectivity index (χ4v) is 5.06. The highest BCUT2D eigenvalue weighted by Gasteiger charge is 2.19. The Labute approximate surface area is 221 Å². The number of carbonyl (C=O) groups excluding carboxylic acids is 3. The van der Waals surface area contributed by atoms with Crippen LogP contribution in [0.3, 0.4) is 0 Å². The first kappa shape index (κ1) is 27.1. The number of rotatable bonds is 7. The average Bonchev–Trinajstić information content (AvgIpc) is 3.60. The molecule has 1 fully saturated rings. The Morgan fingerprint density at radius 2 is 1.89 bits per heavy atom. The quantitative estimate of drug-likeness (QED) is 0.219. The van der Waals surface area contributed by atoms with Crippen molar-refractivity contribution in [3.8, 4) is 0 Å². The molecule has 7 nitrogen and oxygen atoms in total. The Morgan fingerprint density at radius 1 is 1.11 bits per heavy atom. The second kappa shape index (κ2) is 11.6. The Hall–Kier alpha value is -3.94. The maximum Gasteiger partial charge on any atom is 0.251 e. The number of hydrogen-bond acceptors (Lipinski definition) is 3. The molecule has 0 spiro atoms. The molecule has 0 atom stereocenters. The van der Waals surface area contributed by atoms with Crippen LogP contribution in [0.4, 0.5) is 4.39 Å². The highest BCUT2D eigenvalue weighted by atomic mass is 19.1. The molecule has 1 aliphatic rings. The lowest BCUT2D eigenvalue weighted by atomic mass is 10.0. The minimum atomic E-state index is -0.159. The lowest BCUT2D eigenvalue weighted by Crippen LogP contribution is -2.30. The van der Waals surface area contributed by atoms with Crippen LogP contribution in [0.25, 0.3) is 21.8 Å². The first-order chi connectivity index (χ1) is 18.2. The molecule has 3 N–H and O–H groups in total. The lowest BCUT2D eigenvalue weighted by molar-refractivity contribution is -0.127. The van der Waals surface area contributed by atoms with E-state index >= 15 is 0 Å². The van der Waals surface area contributed by atoms with Crippen molar-refractivity contribution in [3.63, 3.8) is 0 Å². The van der Waals surface area contributed by atoms with Crippen LogP contribution in [0.1, 0.15) is 70.8 Å². The molecule has 0 aliphatic carbocycles. The fourth-order valence-electron chi connectivity index (χ4n) is 5.06. The Balaban J connectivity index is 0.000000204. The molecule has 0 saturated carbocycles. The predicted molar refractivity (Wildman–Crippen MR) is 148 cm³/mol. The third-order valence-electron chi connectivity index (χ3n) is 7.11. The van der Waals surface area contributed by atoms with Crippen LogP contribution >= 0.6 is 0 Å². The first-order valence-electron chi connectivity index (χ1n) is 13.2. The predicted octanol–water partition coefficient (Wildman–Crippen LogP) is 5.60. The monoisotopic (exact) mass is 518 g/mol. The summed E-state index contributed by atoms with van der Waals surface area (Å²) >= 11 is 0. The molecule has 38 heavy (non-hydrogen) atoms. The molecule has 1 aliphatic heterocycles. The number of benzene rings is 2. The van der Waals surface area contributed by atoms with Crippen molar-refractivity contribution in [1.82, 2.24) is 20.2 Å². The zero-order valence-electron chi connectivity index (χ0n) is 22.5. The first-order valence-corrected chi connectivity index (χ1v) is 13.2. The number of Topliss-reactive ketones (excluding diaryl/α,β-unsaturated/α-hetero) is 1. The molecule has 0 radical (unpaired) electrons. The summed E-state index contributed by atoms with van der Waals surface area (Å²) in [6.07, 6.45) is 3.27. The van der Waals surface area contributed by atoms with Gasteiger partial charge in [-0.15, -0.1) is 0 Å². The molecule has 0 unspecified atom stereocenters. The number of aromatic amines is 2. The van der Waals surface area contributed by atoms with E-state index in [1.165, 1.54) is 18.6 Å². The van der Waals surface area contributed by atoms with Crippen molar-refractivity contribution in [2.24, 2.45) is 0 Å².